The highest BCUT2D eigenvalue weighted by Crippen LogP contribution is 2.12. The predicted octanol–water partition coefficient (Wildman–Crippen LogP) is 1.98. The number of aromatic nitrogens is 1. The van der Waals surface area contributed by atoms with E-state index in [0.29, 0.717) is 0 Å². The maximum atomic E-state index is 4.43. The molecule has 2 heterocycles. The van der Waals surface area contributed by atoms with Crippen molar-refractivity contribution in [1.82, 2.24) is 15.2 Å². The summed E-state index contributed by atoms with van der Waals surface area (Å²) in [6.07, 6.45) is 1.85. The fourth-order valence-electron chi connectivity index (χ4n) is 2.80. The van der Waals surface area contributed by atoms with Crippen LogP contribution in [-0.4, -0.2) is 49.1 Å². The summed E-state index contributed by atoms with van der Waals surface area (Å²) >= 11 is 0. The van der Waals surface area contributed by atoms with Crippen molar-refractivity contribution in [3.8, 4) is 0 Å². The molecule has 3 rings (SSSR count). The molecule has 1 aliphatic rings. The molecule has 0 aliphatic carbocycles. The summed E-state index contributed by atoms with van der Waals surface area (Å²) in [5, 5.41) is 3.45. The molecule has 5 nitrogen and oxygen atoms in total. The smallest absolute Gasteiger partial charge is 0.194 e. The topological polar surface area (TPSA) is 43.8 Å². The number of piperazine rings is 1. The Morgan fingerprint density at radius 2 is 1.78 bits per heavy atom. The number of guanidine groups is 1. The molecule has 23 heavy (non-hydrogen) atoms. The quantitative estimate of drug-likeness (QED) is 0.695. The van der Waals surface area contributed by atoms with Gasteiger partial charge in [0.15, 0.2) is 5.96 Å². The number of nitrogens with one attached hydrogen (secondary N) is 1. The predicted molar refractivity (Wildman–Crippen MR) is 94.7 cm³/mol. The van der Waals surface area contributed by atoms with Gasteiger partial charge in [0, 0.05) is 46.0 Å². The molecular weight excluding hydrogens is 286 g/mol. The summed E-state index contributed by atoms with van der Waals surface area (Å²) in [5.41, 5.74) is 1.26. The maximum Gasteiger partial charge on any atom is 0.194 e. The Morgan fingerprint density at radius 3 is 2.43 bits per heavy atom. The van der Waals surface area contributed by atoms with Gasteiger partial charge in [0.1, 0.15) is 5.82 Å². The number of rotatable bonds is 3. The Labute approximate surface area is 137 Å². The van der Waals surface area contributed by atoms with Crippen LogP contribution in [0.5, 0.6) is 0 Å². The van der Waals surface area contributed by atoms with Crippen molar-refractivity contribution >= 4 is 11.8 Å². The highest BCUT2D eigenvalue weighted by molar-refractivity contribution is 5.80. The molecule has 1 saturated heterocycles. The summed E-state index contributed by atoms with van der Waals surface area (Å²) in [6, 6.07) is 16.5. The van der Waals surface area contributed by atoms with Gasteiger partial charge in [-0.05, 0) is 17.7 Å². The zero-order chi connectivity index (χ0) is 15.9. The lowest BCUT2D eigenvalue weighted by Crippen LogP contribution is -2.52. The molecule has 1 N–H and O–H groups in total. The molecule has 1 aliphatic heterocycles. The van der Waals surface area contributed by atoms with Crippen LogP contribution in [0, 0.1) is 0 Å². The van der Waals surface area contributed by atoms with Crippen molar-refractivity contribution in [3.63, 3.8) is 0 Å². The van der Waals surface area contributed by atoms with E-state index in [2.05, 4.69) is 55.4 Å². The third kappa shape index (κ3) is 4.00. The Kier molecular flexibility index (Phi) is 5.09. The van der Waals surface area contributed by atoms with Crippen LogP contribution in [0.25, 0.3) is 0 Å². The number of hydrogen-bond donors (Lipinski definition) is 1. The lowest BCUT2D eigenvalue weighted by Gasteiger charge is -2.37. The second kappa shape index (κ2) is 7.63. The number of aliphatic imine (C=N–C) groups is 1. The van der Waals surface area contributed by atoms with E-state index in [4.69, 9.17) is 0 Å². The molecular formula is C18H23N5. The highest BCUT2D eigenvalue weighted by atomic mass is 15.4. The molecule has 0 saturated carbocycles. The van der Waals surface area contributed by atoms with Gasteiger partial charge < -0.3 is 15.1 Å². The maximum absolute atomic E-state index is 4.43. The standard InChI is InChI=1S/C18H23N5/c1-19-18(21-15-16-7-3-2-4-8-16)23-13-11-22(12-14-23)17-9-5-6-10-20-17/h2-10H,11-15H2,1H3,(H,19,21). The summed E-state index contributed by atoms with van der Waals surface area (Å²) in [5.74, 6) is 2.02. The van der Waals surface area contributed by atoms with Crippen molar-refractivity contribution in [3.05, 3.63) is 60.3 Å². The largest absolute Gasteiger partial charge is 0.353 e. The van der Waals surface area contributed by atoms with E-state index in [-0.39, 0.29) is 0 Å². The van der Waals surface area contributed by atoms with Gasteiger partial charge in [-0.15, -0.1) is 0 Å². The number of nitrogens with zero attached hydrogens (tertiary/aromatic N) is 4. The lowest BCUT2D eigenvalue weighted by molar-refractivity contribution is 0.371. The Bertz CT molecular complexity index is 618. The molecule has 1 aromatic heterocycles. The van der Waals surface area contributed by atoms with Crippen molar-refractivity contribution in [2.75, 3.05) is 38.1 Å². The van der Waals surface area contributed by atoms with E-state index >= 15 is 0 Å². The fourth-order valence-corrected chi connectivity index (χ4v) is 2.80. The van der Waals surface area contributed by atoms with Crippen LogP contribution in [0.2, 0.25) is 0 Å². The van der Waals surface area contributed by atoms with Gasteiger partial charge in [-0.25, -0.2) is 4.98 Å². The van der Waals surface area contributed by atoms with Crippen molar-refractivity contribution < 1.29 is 0 Å². The van der Waals surface area contributed by atoms with Crippen LogP contribution in [0.3, 0.4) is 0 Å². The van der Waals surface area contributed by atoms with E-state index < -0.39 is 0 Å². The minimum absolute atomic E-state index is 0.800. The normalized spacial score (nSPS) is 15.6. The van der Waals surface area contributed by atoms with Crippen LogP contribution in [0.1, 0.15) is 5.56 Å². The van der Waals surface area contributed by atoms with Gasteiger partial charge in [-0.1, -0.05) is 36.4 Å². The molecule has 0 unspecified atom stereocenters. The zero-order valence-corrected chi connectivity index (χ0v) is 13.5. The van der Waals surface area contributed by atoms with Crippen LogP contribution >= 0.6 is 0 Å². The lowest BCUT2D eigenvalue weighted by atomic mass is 10.2. The summed E-state index contributed by atoms with van der Waals surface area (Å²) in [7, 11) is 1.85. The molecule has 120 valence electrons. The Hall–Kier alpha value is -2.56. The molecule has 0 spiro atoms. The average Bonchev–Trinajstić information content (AvgIpc) is 2.64. The van der Waals surface area contributed by atoms with Gasteiger partial charge in [-0.3, -0.25) is 4.99 Å². The van der Waals surface area contributed by atoms with Crippen LogP contribution in [0.15, 0.2) is 59.7 Å². The van der Waals surface area contributed by atoms with E-state index in [1.54, 1.807) is 0 Å². The molecule has 0 atom stereocenters. The van der Waals surface area contributed by atoms with Crippen LogP contribution < -0.4 is 10.2 Å². The van der Waals surface area contributed by atoms with E-state index in [9.17, 15) is 0 Å². The molecule has 1 fully saturated rings. The second-order valence-electron chi connectivity index (χ2n) is 5.55. The zero-order valence-electron chi connectivity index (χ0n) is 13.5. The average molecular weight is 309 g/mol. The minimum Gasteiger partial charge on any atom is -0.353 e. The minimum atomic E-state index is 0.800. The van der Waals surface area contributed by atoms with E-state index in [1.165, 1.54) is 5.56 Å². The van der Waals surface area contributed by atoms with Gasteiger partial charge in [0.05, 0.1) is 0 Å². The fraction of sp³-hybridized carbons (Fsp3) is 0.333. The third-order valence-electron chi connectivity index (χ3n) is 4.06. The van der Waals surface area contributed by atoms with Gasteiger partial charge in [0.25, 0.3) is 0 Å². The van der Waals surface area contributed by atoms with Gasteiger partial charge in [-0.2, -0.15) is 0 Å². The number of hydrogen-bond acceptors (Lipinski definition) is 3. The van der Waals surface area contributed by atoms with Gasteiger partial charge in [0.2, 0.25) is 0 Å². The summed E-state index contributed by atoms with van der Waals surface area (Å²) in [6.45, 7) is 4.62. The van der Waals surface area contributed by atoms with Crippen LogP contribution in [-0.2, 0) is 6.54 Å². The van der Waals surface area contributed by atoms with E-state index in [1.807, 2.05) is 31.4 Å². The van der Waals surface area contributed by atoms with Crippen molar-refractivity contribution in [1.29, 1.82) is 0 Å². The highest BCUT2D eigenvalue weighted by Gasteiger charge is 2.20. The molecule has 0 bridgehead atoms. The number of anilines is 1. The summed E-state index contributed by atoms with van der Waals surface area (Å²) in [4.78, 5) is 13.5. The molecule has 5 heteroatoms. The van der Waals surface area contributed by atoms with Crippen LogP contribution in [0.4, 0.5) is 5.82 Å². The van der Waals surface area contributed by atoms with Gasteiger partial charge >= 0.3 is 0 Å². The monoisotopic (exact) mass is 309 g/mol. The summed E-state index contributed by atoms with van der Waals surface area (Å²) < 4.78 is 0. The third-order valence-corrected chi connectivity index (χ3v) is 4.06. The number of pyridine rings is 1. The van der Waals surface area contributed by atoms with E-state index in [0.717, 1.165) is 44.5 Å². The number of benzene rings is 1. The Balaban J connectivity index is 1.53. The molecule has 2 aromatic rings. The first-order valence-electron chi connectivity index (χ1n) is 8.02. The van der Waals surface area contributed by atoms with Crippen molar-refractivity contribution in [2.24, 2.45) is 4.99 Å². The molecule has 0 amide bonds. The molecule has 0 radical (unpaired) electrons. The first-order chi connectivity index (χ1) is 11.4. The first-order valence-corrected chi connectivity index (χ1v) is 8.02. The SMILES string of the molecule is CN=C(NCc1ccccc1)N1CCN(c2ccccn2)CC1. The molecule has 1 aromatic carbocycles. The Morgan fingerprint density at radius 1 is 1.04 bits per heavy atom. The van der Waals surface area contributed by atoms with Crippen molar-refractivity contribution in [2.45, 2.75) is 6.54 Å². The second-order valence-corrected chi connectivity index (χ2v) is 5.55. The first kappa shape index (κ1) is 15.3.